The number of likely N-dealkylation sites (N-methyl/N-ethyl adjacent to an activating group) is 1. The lowest BCUT2D eigenvalue weighted by Gasteiger charge is -2.22. The van der Waals surface area contributed by atoms with E-state index in [4.69, 9.17) is 5.73 Å². The first-order chi connectivity index (χ1) is 11.8. The molecule has 0 radical (unpaired) electrons. The molecule has 8 heteroatoms. The molecule has 2 aromatic rings. The molecule has 1 fully saturated rings. The fourth-order valence-electron chi connectivity index (χ4n) is 3.80. The maximum absolute atomic E-state index is 12.7. The van der Waals surface area contributed by atoms with Gasteiger partial charge >= 0.3 is 0 Å². The zero-order valence-electron chi connectivity index (χ0n) is 15.7. The highest BCUT2D eigenvalue weighted by molar-refractivity contribution is 5.77. The second-order valence-electron chi connectivity index (χ2n) is 7.25. The predicted octanol–water partition coefficient (Wildman–Crippen LogP) is 0.664. The maximum atomic E-state index is 12.7. The number of nitrogens with zero attached hydrogens (tertiary/aromatic N) is 6. The molecule has 0 bridgehead atoms. The number of carbonyl (C=O) groups excluding carboxylic acids is 1. The summed E-state index contributed by atoms with van der Waals surface area (Å²) in [7, 11) is 4.15. The van der Waals surface area contributed by atoms with Crippen molar-refractivity contribution >= 4 is 17.6 Å². The van der Waals surface area contributed by atoms with Crippen LogP contribution >= 0.6 is 0 Å². The zero-order chi connectivity index (χ0) is 18.3. The number of fused-ring (bicyclic) bond motifs is 1. The Morgan fingerprint density at radius 1 is 1.28 bits per heavy atom. The Bertz CT molecular complexity index is 798. The summed E-state index contributed by atoms with van der Waals surface area (Å²) < 4.78 is 1.65. The third kappa shape index (κ3) is 3.30. The average Bonchev–Trinajstić information content (AvgIpc) is 3.09. The van der Waals surface area contributed by atoms with Gasteiger partial charge in [-0.15, -0.1) is 5.10 Å². The normalized spacial score (nSPS) is 20.8. The number of aromatic nitrogens is 4. The van der Waals surface area contributed by atoms with E-state index in [0.717, 1.165) is 30.0 Å². The number of rotatable bonds is 4. The molecule has 2 atom stereocenters. The maximum Gasteiger partial charge on any atom is 0.254 e. The van der Waals surface area contributed by atoms with Crippen molar-refractivity contribution in [3.8, 4) is 0 Å². The van der Waals surface area contributed by atoms with Crippen molar-refractivity contribution in [1.29, 1.82) is 0 Å². The molecular weight excluding hydrogens is 318 g/mol. The van der Waals surface area contributed by atoms with Gasteiger partial charge in [0, 0.05) is 36.9 Å². The minimum absolute atomic E-state index is 0.202. The minimum atomic E-state index is 0.202. The monoisotopic (exact) mass is 345 g/mol. The summed E-state index contributed by atoms with van der Waals surface area (Å²) in [6.07, 6.45) is 1.13. The van der Waals surface area contributed by atoms with Crippen molar-refractivity contribution in [3.63, 3.8) is 0 Å². The molecule has 25 heavy (non-hydrogen) atoms. The van der Waals surface area contributed by atoms with Crippen LogP contribution in [0.25, 0.3) is 5.78 Å². The van der Waals surface area contributed by atoms with E-state index < -0.39 is 0 Å². The fourth-order valence-corrected chi connectivity index (χ4v) is 3.80. The van der Waals surface area contributed by atoms with Gasteiger partial charge in [0.1, 0.15) is 0 Å². The molecule has 0 saturated carbocycles. The Hall–Kier alpha value is -2.22. The van der Waals surface area contributed by atoms with Crippen molar-refractivity contribution in [2.45, 2.75) is 39.7 Å². The molecule has 136 valence electrons. The molecule has 3 heterocycles. The van der Waals surface area contributed by atoms with E-state index in [1.165, 1.54) is 0 Å². The van der Waals surface area contributed by atoms with E-state index in [0.29, 0.717) is 30.6 Å². The molecule has 1 aliphatic rings. The molecule has 1 aliphatic heterocycles. The van der Waals surface area contributed by atoms with E-state index in [1.54, 1.807) is 4.52 Å². The van der Waals surface area contributed by atoms with Crippen LogP contribution in [0.1, 0.15) is 30.3 Å². The van der Waals surface area contributed by atoms with E-state index in [-0.39, 0.29) is 11.9 Å². The number of amides is 1. The summed E-state index contributed by atoms with van der Waals surface area (Å²) in [6, 6.07) is 0.434. The molecule has 1 amide bonds. The van der Waals surface area contributed by atoms with E-state index >= 15 is 0 Å². The van der Waals surface area contributed by atoms with E-state index in [2.05, 4.69) is 41.0 Å². The molecule has 8 nitrogen and oxygen atoms in total. The lowest BCUT2D eigenvalue weighted by molar-refractivity contribution is -0.130. The summed E-state index contributed by atoms with van der Waals surface area (Å²) >= 11 is 0. The lowest BCUT2D eigenvalue weighted by Crippen LogP contribution is -2.35. The van der Waals surface area contributed by atoms with Gasteiger partial charge < -0.3 is 15.5 Å². The van der Waals surface area contributed by atoms with Gasteiger partial charge in [-0.05, 0) is 45.8 Å². The van der Waals surface area contributed by atoms with Crippen molar-refractivity contribution in [2.24, 2.45) is 5.92 Å². The summed E-state index contributed by atoms with van der Waals surface area (Å²) in [5.41, 5.74) is 8.54. The summed E-state index contributed by atoms with van der Waals surface area (Å²) in [5, 5.41) is 4.18. The average molecular weight is 345 g/mol. The van der Waals surface area contributed by atoms with Gasteiger partial charge in [-0.3, -0.25) is 4.79 Å². The van der Waals surface area contributed by atoms with Crippen molar-refractivity contribution in [3.05, 3.63) is 17.0 Å². The standard InChI is InChI=1S/C17H27N7O/c1-10-8-23(9-14(10)22(4)5)15(25)7-6-13-11(2)19-17-20-16(18)21-24(17)12(13)3/h10,14H,6-9H2,1-5H3,(H2,18,21)/t10-,14-/m0/s1. The second-order valence-corrected chi connectivity index (χ2v) is 7.25. The highest BCUT2D eigenvalue weighted by Crippen LogP contribution is 2.22. The van der Waals surface area contributed by atoms with Crippen LogP contribution in [0.15, 0.2) is 0 Å². The Morgan fingerprint density at radius 2 is 2.00 bits per heavy atom. The Morgan fingerprint density at radius 3 is 2.64 bits per heavy atom. The van der Waals surface area contributed by atoms with Crippen LogP contribution in [0.4, 0.5) is 5.95 Å². The number of anilines is 1. The third-order valence-corrected chi connectivity index (χ3v) is 5.24. The van der Waals surface area contributed by atoms with Crippen LogP contribution in [-0.2, 0) is 11.2 Å². The van der Waals surface area contributed by atoms with Gasteiger partial charge in [-0.2, -0.15) is 9.50 Å². The molecule has 0 spiro atoms. The van der Waals surface area contributed by atoms with Gasteiger partial charge in [-0.1, -0.05) is 6.92 Å². The van der Waals surface area contributed by atoms with Crippen LogP contribution in [0, 0.1) is 19.8 Å². The number of nitrogen functional groups attached to an aromatic ring is 1. The largest absolute Gasteiger partial charge is 0.366 e. The third-order valence-electron chi connectivity index (χ3n) is 5.24. The number of hydrogen-bond acceptors (Lipinski definition) is 6. The molecule has 0 aliphatic carbocycles. The van der Waals surface area contributed by atoms with Crippen LogP contribution in [0.2, 0.25) is 0 Å². The second kappa shape index (κ2) is 6.59. The van der Waals surface area contributed by atoms with Gasteiger partial charge in [0.2, 0.25) is 11.9 Å². The summed E-state index contributed by atoms with van der Waals surface area (Å²) in [6.45, 7) is 7.75. The molecular formula is C17H27N7O. The minimum Gasteiger partial charge on any atom is -0.366 e. The molecule has 1 saturated heterocycles. The van der Waals surface area contributed by atoms with Crippen LogP contribution in [-0.4, -0.2) is 68.5 Å². The Labute approximate surface area is 148 Å². The molecule has 3 rings (SSSR count). The predicted molar refractivity (Wildman–Crippen MR) is 96.2 cm³/mol. The first-order valence-electron chi connectivity index (χ1n) is 8.70. The van der Waals surface area contributed by atoms with Crippen LogP contribution in [0.3, 0.4) is 0 Å². The highest BCUT2D eigenvalue weighted by atomic mass is 16.2. The smallest absolute Gasteiger partial charge is 0.254 e. The first-order valence-corrected chi connectivity index (χ1v) is 8.70. The van der Waals surface area contributed by atoms with Crippen LogP contribution in [0.5, 0.6) is 0 Å². The molecule has 0 aromatic carbocycles. The molecule has 2 aromatic heterocycles. The summed E-state index contributed by atoms with van der Waals surface area (Å²) in [5.74, 6) is 1.42. The Balaban J connectivity index is 1.71. The fraction of sp³-hybridized carbons (Fsp3) is 0.647. The van der Waals surface area contributed by atoms with Crippen LogP contribution < -0.4 is 5.73 Å². The quantitative estimate of drug-likeness (QED) is 0.875. The number of carbonyl (C=O) groups is 1. The van der Waals surface area contributed by atoms with Gasteiger partial charge in [0.25, 0.3) is 5.78 Å². The first kappa shape index (κ1) is 17.6. The lowest BCUT2D eigenvalue weighted by atomic mass is 10.1. The number of hydrogen-bond donors (Lipinski definition) is 1. The summed E-state index contributed by atoms with van der Waals surface area (Å²) in [4.78, 5) is 25.4. The van der Waals surface area contributed by atoms with Gasteiger partial charge in [0.15, 0.2) is 0 Å². The highest BCUT2D eigenvalue weighted by Gasteiger charge is 2.33. The Kier molecular flexibility index (Phi) is 4.64. The van der Waals surface area contributed by atoms with Gasteiger partial charge in [0.05, 0.1) is 0 Å². The van der Waals surface area contributed by atoms with Gasteiger partial charge in [-0.25, -0.2) is 4.98 Å². The number of likely N-dealkylation sites (tertiary alicyclic amines) is 1. The van der Waals surface area contributed by atoms with Crippen molar-refractivity contribution in [1.82, 2.24) is 29.4 Å². The van der Waals surface area contributed by atoms with E-state index in [9.17, 15) is 4.79 Å². The number of nitrogens with two attached hydrogens (primary N) is 1. The zero-order valence-corrected chi connectivity index (χ0v) is 15.7. The molecule has 2 N–H and O–H groups in total. The number of aryl methyl sites for hydroxylation is 2. The van der Waals surface area contributed by atoms with Crippen molar-refractivity contribution < 1.29 is 4.79 Å². The van der Waals surface area contributed by atoms with Crippen molar-refractivity contribution in [2.75, 3.05) is 32.9 Å². The topological polar surface area (TPSA) is 92.6 Å². The molecule has 0 unspecified atom stereocenters. The SMILES string of the molecule is Cc1nc2nc(N)nn2c(C)c1CCC(=O)N1C[C@H](C)[C@@H](N(C)C)C1. The van der Waals surface area contributed by atoms with E-state index in [1.807, 2.05) is 18.7 Å².